The molecule has 2 nitrogen and oxygen atoms in total. The molecule has 3 aromatic rings. The first-order chi connectivity index (χ1) is 9.67. The molecule has 0 saturated carbocycles. The third-order valence-electron chi connectivity index (χ3n) is 2.99. The van der Waals surface area contributed by atoms with Gasteiger partial charge in [-0.1, -0.05) is 24.6 Å². The molecule has 2 aromatic heterocycles. The first kappa shape index (κ1) is 17.1. The van der Waals surface area contributed by atoms with Crippen molar-refractivity contribution >= 4 is 49.1 Å². The third kappa shape index (κ3) is 3.75. The van der Waals surface area contributed by atoms with Gasteiger partial charge in [-0.3, -0.25) is 0 Å². The van der Waals surface area contributed by atoms with Crippen LogP contribution in [0.25, 0.3) is 20.8 Å². The van der Waals surface area contributed by atoms with E-state index in [0.29, 0.717) is 5.02 Å². The Morgan fingerprint density at radius 3 is 2.86 bits per heavy atom. The fourth-order valence-electron chi connectivity index (χ4n) is 2.14. The molecule has 0 aliphatic heterocycles. The van der Waals surface area contributed by atoms with E-state index in [2.05, 4.69) is 56.9 Å². The van der Waals surface area contributed by atoms with Crippen LogP contribution in [0.1, 0.15) is 13.3 Å². The second-order valence-electron chi connectivity index (χ2n) is 4.59. The molecule has 0 fully saturated rings. The largest absolute Gasteiger partial charge is 1.00 e. The van der Waals surface area contributed by atoms with E-state index >= 15 is 0 Å². The SMILES string of the molecule is CCC[n+]1cc(Br)cc(-c2nc3c(Cl)cccc3s2)c1.[I-]. The minimum atomic E-state index is 0. The van der Waals surface area contributed by atoms with E-state index in [9.17, 15) is 0 Å². The van der Waals surface area contributed by atoms with Gasteiger partial charge in [-0.25, -0.2) is 9.55 Å². The molecule has 0 spiro atoms. The minimum absolute atomic E-state index is 0. The molecule has 0 atom stereocenters. The Hall–Kier alpha value is -0.240. The van der Waals surface area contributed by atoms with E-state index < -0.39 is 0 Å². The van der Waals surface area contributed by atoms with Gasteiger partial charge >= 0.3 is 0 Å². The molecule has 0 radical (unpaired) electrons. The Bertz CT molecular complexity index is 775. The highest BCUT2D eigenvalue weighted by Crippen LogP contribution is 2.33. The molecular formula is C15H13BrClIN2S. The summed E-state index contributed by atoms with van der Waals surface area (Å²) in [6, 6.07) is 7.99. The highest BCUT2D eigenvalue weighted by atomic mass is 127. The van der Waals surface area contributed by atoms with Crippen molar-refractivity contribution in [2.45, 2.75) is 19.9 Å². The Morgan fingerprint density at radius 2 is 2.14 bits per heavy atom. The number of para-hydroxylation sites is 1. The summed E-state index contributed by atoms with van der Waals surface area (Å²) in [5, 5.41) is 1.71. The Balaban J connectivity index is 0.00000161. The Labute approximate surface area is 158 Å². The Morgan fingerprint density at radius 1 is 1.33 bits per heavy atom. The molecule has 3 rings (SSSR count). The number of aromatic nitrogens is 2. The van der Waals surface area contributed by atoms with Gasteiger partial charge in [0.2, 0.25) is 0 Å². The monoisotopic (exact) mass is 494 g/mol. The summed E-state index contributed by atoms with van der Waals surface area (Å²) in [5.41, 5.74) is 2.00. The smallest absolute Gasteiger partial charge is 0.183 e. The first-order valence-corrected chi connectivity index (χ1v) is 8.41. The van der Waals surface area contributed by atoms with Crippen molar-refractivity contribution in [3.05, 3.63) is 46.2 Å². The molecule has 0 saturated heterocycles. The number of benzene rings is 1. The summed E-state index contributed by atoms with van der Waals surface area (Å²) >= 11 is 11.4. The van der Waals surface area contributed by atoms with Crippen LogP contribution in [0, 0.1) is 0 Å². The lowest BCUT2D eigenvalue weighted by atomic mass is 10.3. The lowest BCUT2D eigenvalue weighted by molar-refractivity contribution is -0.697. The quantitative estimate of drug-likeness (QED) is 0.402. The van der Waals surface area contributed by atoms with Gasteiger partial charge in [0.1, 0.15) is 17.1 Å². The van der Waals surface area contributed by atoms with Gasteiger partial charge in [0, 0.05) is 6.42 Å². The number of pyridine rings is 1. The van der Waals surface area contributed by atoms with E-state index in [0.717, 1.165) is 38.2 Å². The highest BCUT2D eigenvalue weighted by Gasteiger charge is 2.13. The van der Waals surface area contributed by atoms with Gasteiger partial charge in [-0.2, -0.15) is 0 Å². The van der Waals surface area contributed by atoms with E-state index in [1.54, 1.807) is 11.3 Å². The van der Waals surface area contributed by atoms with Gasteiger partial charge in [0.05, 0.1) is 19.8 Å². The molecule has 110 valence electrons. The van der Waals surface area contributed by atoms with E-state index in [-0.39, 0.29) is 24.0 Å². The van der Waals surface area contributed by atoms with Crippen molar-refractivity contribution in [2.75, 3.05) is 0 Å². The third-order valence-corrected chi connectivity index (χ3v) is 4.79. The van der Waals surface area contributed by atoms with E-state index in [1.165, 1.54) is 0 Å². The fraction of sp³-hybridized carbons (Fsp3) is 0.200. The predicted molar refractivity (Wildman–Crippen MR) is 88.3 cm³/mol. The van der Waals surface area contributed by atoms with Gasteiger partial charge in [0.15, 0.2) is 12.4 Å². The zero-order valence-corrected chi connectivity index (χ0v) is 16.6. The Kier molecular flexibility index (Phi) is 5.99. The lowest BCUT2D eigenvalue weighted by Gasteiger charge is -1.98. The second kappa shape index (κ2) is 7.35. The van der Waals surface area contributed by atoms with Crippen LogP contribution >= 0.6 is 38.9 Å². The van der Waals surface area contributed by atoms with Crippen LogP contribution in [0.4, 0.5) is 0 Å². The summed E-state index contributed by atoms with van der Waals surface area (Å²) in [7, 11) is 0. The number of aryl methyl sites for hydroxylation is 1. The van der Waals surface area contributed by atoms with Crippen LogP contribution in [0.3, 0.4) is 0 Å². The van der Waals surface area contributed by atoms with Gasteiger partial charge < -0.3 is 24.0 Å². The van der Waals surface area contributed by atoms with E-state index in [4.69, 9.17) is 11.6 Å². The van der Waals surface area contributed by atoms with Crippen molar-refractivity contribution in [2.24, 2.45) is 0 Å². The van der Waals surface area contributed by atoms with Gasteiger partial charge in [0.25, 0.3) is 0 Å². The maximum absolute atomic E-state index is 6.20. The molecule has 2 heterocycles. The topological polar surface area (TPSA) is 16.8 Å². The molecule has 6 heteroatoms. The molecule has 0 bridgehead atoms. The molecule has 0 amide bonds. The van der Waals surface area contributed by atoms with Crippen molar-refractivity contribution < 1.29 is 28.5 Å². The summed E-state index contributed by atoms with van der Waals surface area (Å²) in [6.45, 7) is 3.17. The van der Waals surface area contributed by atoms with Crippen molar-refractivity contribution in [3.8, 4) is 10.6 Å². The summed E-state index contributed by atoms with van der Waals surface area (Å²) in [5.74, 6) is 0. The first-order valence-electron chi connectivity index (χ1n) is 6.42. The number of nitrogens with zero attached hydrogens (tertiary/aromatic N) is 2. The number of hydrogen-bond donors (Lipinski definition) is 0. The number of hydrogen-bond acceptors (Lipinski definition) is 2. The number of halogens is 3. The number of thiazole rings is 1. The standard InChI is InChI=1S/C15H13BrClN2S.HI/c1-2-6-19-8-10(7-11(16)9-19)15-18-14-12(17)4-3-5-13(14)20-15;/h3-5,7-9H,2,6H2,1H3;1H/q+1;/p-1. The van der Waals surface area contributed by atoms with Crippen LogP contribution in [0.5, 0.6) is 0 Å². The molecule has 0 N–H and O–H groups in total. The average molecular weight is 496 g/mol. The molecular weight excluding hydrogens is 483 g/mol. The summed E-state index contributed by atoms with van der Waals surface area (Å²) < 4.78 is 4.37. The molecule has 1 aromatic carbocycles. The van der Waals surface area contributed by atoms with Crippen LogP contribution in [-0.2, 0) is 6.54 Å². The summed E-state index contributed by atoms with van der Waals surface area (Å²) in [4.78, 5) is 4.68. The highest BCUT2D eigenvalue weighted by molar-refractivity contribution is 9.10. The van der Waals surface area contributed by atoms with Crippen molar-refractivity contribution in [3.63, 3.8) is 0 Å². The van der Waals surface area contributed by atoms with Gasteiger partial charge in [-0.05, 0) is 34.1 Å². The van der Waals surface area contributed by atoms with E-state index in [1.807, 2.05) is 12.1 Å². The normalized spacial score (nSPS) is 10.6. The van der Waals surface area contributed by atoms with Crippen molar-refractivity contribution in [1.29, 1.82) is 0 Å². The van der Waals surface area contributed by atoms with Crippen LogP contribution in [0.2, 0.25) is 5.02 Å². The molecule has 0 aliphatic rings. The fourth-order valence-corrected chi connectivity index (χ4v) is 3.90. The van der Waals surface area contributed by atoms with Crippen LogP contribution in [0.15, 0.2) is 41.1 Å². The maximum atomic E-state index is 6.20. The maximum Gasteiger partial charge on any atom is 0.183 e. The molecule has 21 heavy (non-hydrogen) atoms. The second-order valence-corrected chi connectivity index (χ2v) is 6.94. The van der Waals surface area contributed by atoms with Crippen molar-refractivity contribution in [1.82, 2.24) is 4.98 Å². The lowest BCUT2D eigenvalue weighted by Crippen LogP contribution is -3.00. The van der Waals surface area contributed by atoms with Crippen LogP contribution < -0.4 is 28.5 Å². The predicted octanol–water partition coefficient (Wildman–Crippen LogP) is 2.08. The zero-order valence-electron chi connectivity index (χ0n) is 11.3. The molecule has 0 aliphatic carbocycles. The molecule has 0 unspecified atom stereocenters. The zero-order chi connectivity index (χ0) is 14.1. The van der Waals surface area contributed by atoms with Gasteiger partial charge in [-0.15, -0.1) is 11.3 Å². The number of fused-ring (bicyclic) bond motifs is 1. The average Bonchev–Trinajstić information content (AvgIpc) is 2.84. The van der Waals surface area contributed by atoms with Crippen LogP contribution in [-0.4, -0.2) is 4.98 Å². The number of rotatable bonds is 3. The summed E-state index contributed by atoms with van der Waals surface area (Å²) in [6.07, 6.45) is 5.33. The minimum Gasteiger partial charge on any atom is -1.00 e.